The van der Waals surface area contributed by atoms with Crippen LogP contribution >= 0.6 is 0 Å². The van der Waals surface area contributed by atoms with Crippen molar-refractivity contribution in [2.45, 2.75) is 11.4 Å². The second-order valence-electron chi connectivity index (χ2n) is 4.35. The lowest BCUT2D eigenvalue weighted by atomic mass is 10.2. The molecule has 1 aromatic heterocycles. The van der Waals surface area contributed by atoms with Crippen LogP contribution in [0.2, 0.25) is 0 Å². The smallest absolute Gasteiger partial charge is 0.244 e. The number of aliphatic hydroxyl groups excluding tert-OH is 1. The van der Waals surface area contributed by atoms with E-state index < -0.39 is 10.0 Å². The molecule has 2 aromatic rings. The fraction of sp³-hybridized carbons (Fsp3) is 0.200. The van der Waals surface area contributed by atoms with Gasteiger partial charge in [-0.2, -0.15) is 4.31 Å². The van der Waals surface area contributed by atoms with Crippen LogP contribution in [0.3, 0.4) is 0 Å². The molecule has 5 nitrogen and oxygen atoms in total. The monoisotopic (exact) mass is 305 g/mol. The summed E-state index contributed by atoms with van der Waals surface area (Å²) in [6.45, 7) is -0.111. The van der Waals surface area contributed by atoms with E-state index in [2.05, 4.69) is 11.8 Å². The second kappa shape index (κ2) is 6.59. The van der Waals surface area contributed by atoms with Crippen LogP contribution in [0, 0.1) is 11.8 Å². The van der Waals surface area contributed by atoms with Gasteiger partial charge < -0.3 is 9.52 Å². The predicted molar refractivity (Wildman–Crippen MR) is 77.8 cm³/mol. The Bertz CT molecular complexity index is 754. The molecule has 0 saturated heterocycles. The van der Waals surface area contributed by atoms with Crippen LogP contribution in [0.15, 0.2) is 52.2 Å². The lowest BCUT2D eigenvalue weighted by Gasteiger charge is -2.17. The third kappa shape index (κ3) is 3.52. The Kier molecular flexibility index (Phi) is 4.81. The van der Waals surface area contributed by atoms with E-state index in [0.29, 0.717) is 5.56 Å². The molecule has 0 fully saturated rings. The van der Waals surface area contributed by atoms with Gasteiger partial charge >= 0.3 is 0 Å². The Morgan fingerprint density at radius 3 is 2.71 bits per heavy atom. The molecule has 0 atom stereocenters. The maximum Gasteiger partial charge on any atom is 0.244 e. The first-order chi connectivity index (χ1) is 10.1. The van der Waals surface area contributed by atoms with Crippen molar-refractivity contribution in [2.75, 3.05) is 13.7 Å². The number of rotatable bonds is 4. The van der Waals surface area contributed by atoms with Crippen LogP contribution in [-0.2, 0) is 16.6 Å². The number of nitrogens with zero attached hydrogens (tertiary/aromatic N) is 1. The fourth-order valence-electron chi connectivity index (χ4n) is 1.82. The summed E-state index contributed by atoms with van der Waals surface area (Å²) < 4.78 is 31.4. The van der Waals surface area contributed by atoms with Crippen molar-refractivity contribution in [3.63, 3.8) is 0 Å². The molecule has 21 heavy (non-hydrogen) atoms. The Balaban J connectivity index is 2.35. The summed E-state index contributed by atoms with van der Waals surface area (Å²) in [4.78, 5) is 0.122. The van der Waals surface area contributed by atoms with Gasteiger partial charge in [0.2, 0.25) is 10.0 Å². The van der Waals surface area contributed by atoms with Crippen LogP contribution < -0.4 is 0 Å². The van der Waals surface area contributed by atoms with Crippen LogP contribution in [0.1, 0.15) is 11.1 Å². The highest BCUT2D eigenvalue weighted by molar-refractivity contribution is 7.89. The molecule has 0 saturated carbocycles. The quantitative estimate of drug-likeness (QED) is 0.868. The van der Waals surface area contributed by atoms with Crippen LogP contribution in [0.5, 0.6) is 0 Å². The molecule has 0 aliphatic carbocycles. The first-order valence-electron chi connectivity index (χ1n) is 6.22. The summed E-state index contributed by atoms with van der Waals surface area (Å²) in [5.41, 5.74) is 1.13. The third-order valence-corrected chi connectivity index (χ3v) is 4.72. The lowest BCUT2D eigenvalue weighted by Crippen LogP contribution is -2.27. The molecule has 1 N–H and O–H groups in total. The molecule has 0 unspecified atom stereocenters. The fourth-order valence-corrected chi connectivity index (χ4v) is 3.12. The maximum atomic E-state index is 12.6. The minimum Gasteiger partial charge on any atom is -0.472 e. The minimum absolute atomic E-state index is 0.122. The van der Waals surface area contributed by atoms with Crippen LogP contribution in [0.25, 0.3) is 0 Å². The SMILES string of the molecule is CN(Cc1ccoc1)S(=O)(=O)c1ccccc1C#CCO. The molecule has 0 spiro atoms. The van der Waals surface area contributed by atoms with Crippen molar-refractivity contribution in [2.24, 2.45) is 0 Å². The van der Waals surface area contributed by atoms with Crippen molar-refractivity contribution >= 4 is 10.0 Å². The van der Waals surface area contributed by atoms with Gasteiger partial charge in [-0.05, 0) is 18.2 Å². The predicted octanol–water partition coefficient (Wildman–Crippen LogP) is 1.44. The van der Waals surface area contributed by atoms with E-state index in [1.54, 1.807) is 24.3 Å². The highest BCUT2D eigenvalue weighted by atomic mass is 32.2. The van der Waals surface area contributed by atoms with E-state index in [1.165, 1.54) is 29.9 Å². The first-order valence-corrected chi connectivity index (χ1v) is 7.66. The van der Waals surface area contributed by atoms with Gasteiger partial charge in [0.05, 0.1) is 17.4 Å². The zero-order valence-corrected chi connectivity index (χ0v) is 12.3. The number of hydrogen-bond donors (Lipinski definition) is 1. The molecular formula is C15H15NO4S. The molecule has 110 valence electrons. The molecule has 1 heterocycles. The van der Waals surface area contributed by atoms with Crippen molar-refractivity contribution in [1.29, 1.82) is 0 Å². The highest BCUT2D eigenvalue weighted by Crippen LogP contribution is 2.20. The number of aliphatic hydroxyl groups is 1. The molecule has 2 rings (SSSR count). The van der Waals surface area contributed by atoms with Crippen molar-refractivity contribution < 1.29 is 17.9 Å². The Hall–Kier alpha value is -2.07. The molecule has 0 radical (unpaired) electrons. The average Bonchev–Trinajstić information content (AvgIpc) is 2.98. The van der Waals surface area contributed by atoms with Gasteiger partial charge in [0.15, 0.2) is 0 Å². The summed E-state index contributed by atoms with van der Waals surface area (Å²) in [5.74, 6) is 5.13. The standard InChI is InChI=1S/C15H15NO4S/c1-16(11-13-8-10-20-12-13)21(18,19)15-7-3-2-5-14(15)6-4-9-17/h2-3,5,7-8,10,12,17H,9,11H2,1H3. The summed E-state index contributed by atoms with van der Waals surface area (Å²) in [5, 5.41) is 8.76. The number of sulfonamides is 1. The lowest BCUT2D eigenvalue weighted by molar-refractivity contribution is 0.350. The molecule has 0 aliphatic rings. The number of furan rings is 1. The normalized spacial score (nSPS) is 11.2. The zero-order valence-electron chi connectivity index (χ0n) is 11.5. The van der Waals surface area contributed by atoms with Gasteiger partial charge in [-0.25, -0.2) is 8.42 Å². The number of hydrogen-bond acceptors (Lipinski definition) is 4. The maximum absolute atomic E-state index is 12.6. The minimum atomic E-state index is -3.67. The van der Waals surface area contributed by atoms with Crippen molar-refractivity contribution in [3.8, 4) is 11.8 Å². The Labute approximate surface area is 123 Å². The Morgan fingerprint density at radius 1 is 1.29 bits per heavy atom. The second-order valence-corrected chi connectivity index (χ2v) is 6.36. The molecular weight excluding hydrogens is 290 g/mol. The van der Waals surface area contributed by atoms with Gasteiger partial charge in [0.1, 0.15) is 6.61 Å². The summed E-state index contributed by atoms with van der Waals surface area (Å²) in [6.07, 6.45) is 3.00. The van der Waals surface area contributed by atoms with Crippen molar-refractivity contribution in [3.05, 3.63) is 54.0 Å². The Morgan fingerprint density at radius 2 is 2.05 bits per heavy atom. The van der Waals surface area contributed by atoms with Crippen LogP contribution in [-0.4, -0.2) is 31.5 Å². The molecule has 0 bridgehead atoms. The zero-order chi connectivity index (χ0) is 15.3. The van der Waals surface area contributed by atoms with E-state index >= 15 is 0 Å². The van der Waals surface area contributed by atoms with E-state index in [1.807, 2.05) is 0 Å². The topological polar surface area (TPSA) is 70.8 Å². The third-order valence-electron chi connectivity index (χ3n) is 2.86. The van der Waals surface area contributed by atoms with Gasteiger partial charge in [-0.15, -0.1) is 0 Å². The van der Waals surface area contributed by atoms with E-state index in [4.69, 9.17) is 9.52 Å². The largest absolute Gasteiger partial charge is 0.472 e. The molecule has 1 aromatic carbocycles. The summed E-state index contributed by atoms with van der Waals surface area (Å²) in [7, 11) is -2.17. The summed E-state index contributed by atoms with van der Waals surface area (Å²) >= 11 is 0. The van der Waals surface area contributed by atoms with Gasteiger partial charge in [-0.3, -0.25) is 0 Å². The average molecular weight is 305 g/mol. The summed E-state index contributed by atoms with van der Waals surface area (Å²) in [6, 6.07) is 8.17. The highest BCUT2D eigenvalue weighted by Gasteiger charge is 2.23. The van der Waals surface area contributed by atoms with Gasteiger partial charge in [0.25, 0.3) is 0 Å². The van der Waals surface area contributed by atoms with E-state index in [9.17, 15) is 8.42 Å². The van der Waals surface area contributed by atoms with E-state index in [0.717, 1.165) is 5.56 Å². The van der Waals surface area contributed by atoms with Crippen LogP contribution in [0.4, 0.5) is 0 Å². The molecule has 6 heteroatoms. The van der Waals surface area contributed by atoms with Gasteiger partial charge in [0, 0.05) is 24.7 Å². The van der Waals surface area contributed by atoms with Gasteiger partial charge in [-0.1, -0.05) is 24.0 Å². The molecule has 0 aliphatic heterocycles. The van der Waals surface area contributed by atoms with E-state index in [-0.39, 0.29) is 18.0 Å². The first kappa shape index (κ1) is 15.3. The molecule has 0 amide bonds. The number of benzene rings is 1. The van der Waals surface area contributed by atoms with Crippen molar-refractivity contribution in [1.82, 2.24) is 4.31 Å².